The van der Waals surface area contributed by atoms with Crippen LogP contribution in [-0.2, 0) is 16.0 Å². The zero-order valence-corrected chi connectivity index (χ0v) is 15.5. The number of rotatable bonds is 5. The van der Waals surface area contributed by atoms with Gasteiger partial charge in [-0.05, 0) is 36.1 Å². The number of benzene rings is 2. The summed E-state index contributed by atoms with van der Waals surface area (Å²) < 4.78 is 0. The Bertz CT molecular complexity index is 899. The van der Waals surface area contributed by atoms with Crippen LogP contribution in [0.15, 0.2) is 54.1 Å². The normalized spacial score (nSPS) is 18.9. The highest BCUT2D eigenvalue weighted by atomic mass is 16.3. The van der Waals surface area contributed by atoms with Crippen LogP contribution in [0.1, 0.15) is 43.0 Å². The van der Waals surface area contributed by atoms with Crippen molar-refractivity contribution in [2.75, 3.05) is 6.54 Å². The van der Waals surface area contributed by atoms with Crippen molar-refractivity contribution in [3.8, 4) is 5.75 Å². The van der Waals surface area contributed by atoms with Crippen LogP contribution in [0.5, 0.6) is 5.75 Å². The van der Waals surface area contributed by atoms with Gasteiger partial charge in [-0.1, -0.05) is 50.2 Å². The monoisotopic (exact) mass is 365 g/mol. The summed E-state index contributed by atoms with van der Waals surface area (Å²) in [5.41, 5.74) is 2.26. The molecule has 1 unspecified atom stereocenters. The number of aliphatic hydroxyl groups is 1. The number of aryl methyl sites for hydroxylation is 1. The van der Waals surface area contributed by atoms with Crippen LogP contribution in [0.25, 0.3) is 5.76 Å². The third-order valence-electron chi connectivity index (χ3n) is 4.83. The summed E-state index contributed by atoms with van der Waals surface area (Å²) >= 11 is 0. The third kappa shape index (κ3) is 3.45. The first kappa shape index (κ1) is 18.7. The second-order valence-electron chi connectivity index (χ2n) is 6.64. The lowest BCUT2D eigenvalue weighted by Crippen LogP contribution is -2.30. The van der Waals surface area contributed by atoms with E-state index in [1.54, 1.807) is 24.3 Å². The predicted octanol–water partition coefficient (Wildman–Crippen LogP) is 3.79. The van der Waals surface area contributed by atoms with Crippen molar-refractivity contribution < 1.29 is 19.8 Å². The number of nitrogens with zero attached hydrogens (tertiary/aromatic N) is 1. The molecule has 5 heteroatoms. The average molecular weight is 365 g/mol. The number of ketones is 1. The fraction of sp³-hybridized carbons (Fsp3) is 0.273. The lowest BCUT2D eigenvalue weighted by atomic mass is 9.94. The summed E-state index contributed by atoms with van der Waals surface area (Å²) in [7, 11) is 0. The van der Waals surface area contributed by atoms with Crippen LogP contribution in [0.3, 0.4) is 0 Å². The summed E-state index contributed by atoms with van der Waals surface area (Å²) in [5.74, 6) is -1.48. The predicted molar refractivity (Wildman–Crippen MR) is 103 cm³/mol. The van der Waals surface area contributed by atoms with Gasteiger partial charge in [-0.2, -0.15) is 0 Å². The molecule has 1 aliphatic heterocycles. The van der Waals surface area contributed by atoms with Crippen LogP contribution in [0, 0.1) is 0 Å². The van der Waals surface area contributed by atoms with Gasteiger partial charge in [-0.25, -0.2) is 0 Å². The number of carbonyl (C=O) groups excluding carboxylic acids is 2. The number of aromatic hydroxyl groups is 1. The molecule has 0 bridgehead atoms. The van der Waals surface area contributed by atoms with Gasteiger partial charge in [0.05, 0.1) is 11.6 Å². The van der Waals surface area contributed by atoms with Gasteiger partial charge in [0.2, 0.25) is 0 Å². The molecule has 1 aliphatic rings. The Morgan fingerprint density at radius 3 is 2.37 bits per heavy atom. The fourth-order valence-corrected chi connectivity index (χ4v) is 3.45. The van der Waals surface area contributed by atoms with Gasteiger partial charge < -0.3 is 15.1 Å². The molecule has 2 aromatic rings. The number of phenolic OH excluding ortho intramolecular Hbond substituents is 1. The molecule has 0 radical (unpaired) electrons. The van der Waals surface area contributed by atoms with E-state index in [1.165, 1.54) is 17.0 Å². The van der Waals surface area contributed by atoms with Gasteiger partial charge in [0.25, 0.3) is 11.7 Å². The fourth-order valence-electron chi connectivity index (χ4n) is 3.45. The standard InChI is InChI=1S/C22H23NO4/c1-3-12-23-19(16-6-5-7-17(24)13-16)18(21(26)22(23)27)20(25)15-10-8-14(4-2)9-11-15/h5-11,13,19,24-25H,3-4,12H2,1-2H3/b20-18-. The van der Waals surface area contributed by atoms with Crippen LogP contribution in [0.2, 0.25) is 0 Å². The van der Waals surface area contributed by atoms with Crippen LogP contribution < -0.4 is 0 Å². The number of phenols is 1. The van der Waals surface area contributed by atoms with Crippen molar-refractivity contribution in [3.63, 3.8) is 0 Å². The molecular formula is C22H23NO4. The van der Waals surface area contributed by atoms with Gasteiger partial charge >= 0.3 is 0 Å². The highest BCUT2D eigenvalue weighted by Crippen LogP contribution is 2.40. The maximum absolute atomic E-state index is 12.7. The third-order valence-corrected chi connectivity index (χ3v) is 4.83. The molecular weight excluding hydrogens is 342 g/mol. The first-order chi connectivity index (χ1) is 13.0. The van der Waals surface area contributed by atoms with E-state index in [2.05, 4.69) is 0 Å². The number of hydrogen-bond acceptors (Lipinski definition) is 4. The van der Waals surface area contributed by atoms with Crippen molar-refractivity contribution in [2.24, 2.45) is 0 Å². The van der Waals surface area contributed by atoms with E-state index in [9.17, 15) is 19.8 Å². The first-order valence-corrected chi connectivity index (χ1v) is 9.14. The second-order valence-corrected chi connectivity index (χ2v) is 6.64. The largest absolute Gasteiger partial charge is 0.508 e. The number of Topliss-reactive ketones (excluding diaryl/α,β-unsaturated/α-hetero) is 1. The molecule has 2 N–H and O–H groups in total. The van der Waals surface area contributed by atoms with E-state index in [-0.39, 0.29) is 17.1 Å². The number of carbonyl (C=O) groups is 2. The minimum Gasteiger partial charge on any atom is -0.508 e. The molecule has 1 atom stereocenters. The Morgan fingerprint density at radius 2 is 1.78 bits per heavy atom. The molecule has 1 amide bonds. The van der Waals surface area contributed by atoms with E-state index in [4.69, 9.17) is 0 Å². The van der Waals surface area contributed by atoms with Crippen molar-refractivity contribution in [3.05, 3.63) is 70.8 Å². The molecule has 140 valence electrons. The van der Waals surface area contributed by atoms with E-state index in [0.29, 0.717) is 24.1 Å². The second kappa shape index (κ2) is 7.66. The minimum atomic E-state index is -0.720. The van der Waals surface area contributed by atoms with E-state index in [0.717, 1.165) is 12.0 Å². The van der Waals surface area contributed by atoms with E-state index >= 15 is 0 Å². The Morgan fingerprint density at radius 1 is 1.07 bits per heavy atom. The Hall–Kier alpha value is -3.08. The molecule has 5 nitrogen and oxygen atoms in total. The van der Waals surface area contributed by atoms with Crippen LogP contribution in [-0.4, -0.2) is 33.3 Å². The Labute approximate surface area is 158 Å². The molecule has 1 saturated heterocycles. The number of aliphatic hydroxyl groups excluding tert-OH is 1. The van der Waals surface area contributed by atoms with Crippen molar-refractivity contribution in [1.82, 2.24) is 4.90 Å². The topological polar surface area (TPSA) is 77.8 Å². The summed E-state index contributed by atoms with van der Waals surface area (Å²) in [6.45, 7) is 4.34. The van der Waals surface area contributed by atoms with Gasteiger partial charge in [0, 0.05) is 12.1 Å². The van der Waals surface area contributed by atoms with Gasteiger partial charge in [-0.15, -0.1) is 0 Å². The minimum absolute atomic E-state index is 0.0434. The van der Waals surface area contributed by atoms with E-state index < -0.39 is 17.7 Å². The molecule has 27 heavy (non-hydrogen) atoms. The number of likely N-dealkylation sites (tertiary alicyclic amines) is 1. The molecule has 1 fully saturated rings. The van der Waals surface area contributed by atoms with Gasteiger partial charge in [0.1, 0.15) is 11.5 Å². The molecule has 1 heterocycles. The Kier molecular flexibility index (Phi) is 5.31. The summed E-state index contributed by atoms with van der Waals surface area (Å²) in [6.07, 6.45) is 1.54. The summed E-state index contributed by atoms with van der Waals surface area (Å²) in [6, 6.07) is 13.0. The quantitative estimate of drug-likeness (QED) is 0.480. The highest BCUT2D eigenvalue weighted by Gasteiger charge is 2.45. The number of amides is 1. The van der Waals surface area contributed by atoms with Crippen molar-refractivity contribution >= 4 is 17.4 Å². The zero-order valence-electron chi connectivity index (χ0n) is 15.5. The van der Waals surface area contributed by atoms with Crippen LogP contribution >= 0.6 is 0 Å². The zero-order chi connectivity index (χ0) is 19.6. The highest BCUT2D eigenvalue weighted by molar-refractivity contribution is 6.46. The maximum atomic E-state index is 12.7. The summed E-state index contributed by atoms with van der Waals surface area (Å²) in [5, 5.41) is 20.7. The smallest absolute Gasteiger partial charge is 0.295 e. The molecule has 0 spiro atoms. The van der Waals surface area contributed by atoms with Crippen molar-refractivity contribution in [1.29, 1.82) is 0 Å². The Balaban J connectivity index is 2.16. The first-order valence-electron chi connectivity index (χ1n) is 9.14. The maximum Gasteiger partial charge on any atom is 0.295 e. The molecule has 2 aromatic carbocycles. The SMILES string of the molecule is CCCN1C(=O)C(=O)/C(=C(\O)c2ccc(CC)cc2)C1c1cccc(O)c1. The average Bonchev–Trinajstić information content (AvgIpc) is 2.93. The van der Waals surface area contributed by atoms with Crippen molar-refractivity contribution in [2.45, 2.75) is 32.7 Å². The molecule has 0 aromatic heterocycles. The van der Waals surface area contributed by atoms with Gasteiger partial charge in [0.15, 0.2) is 0 Å². The van der Waals surface area contributed by atoms with Crippen LogP contribution in [0.4, 0.5) is 0 Å². The number of hydrogen-bond donors (Lipinski definition) is 2. The molecule has 3 rings (SSSR count). The molecule has 0 saturated carbocycles. The lowest BCUT2D eigenvalue weighted by molar-refractivity contribution is -0.139. The van der Waals surface area contributed by atoms with E-state index in [1.807, 2.05) is 26.0 Å². The lowest BCUT2D eigenvalue weighted by Gasteiger charge is -2.25. The van der Waals surface area contributed by atoms with Gasteiger partial charge in [-0.3, -0.25) is 9.59 Å². The summed E-state index contributed by atoms with van der Waals surface area (Å²) in [4.78, 5) is 26.8. The molecule has 0 aliphatic carbocycles.